The number of alkyl halides is 3. The van der Waals surface area contributed by atoms with Gasteiger partial charge in [-0.05, 0) is 105 Å². The second kappa shape index (κ2) is 21.0. The third-order valence-electron chi connectivity index (χ3n) is 8.43. The van der Waals surface area contributed by atoms with E-state index in [9.17, 15) is 18.0 Å². The van der Waals surface area contributed by atoms with Gasteiger partial charge in [0, 0.05) is 31.8 Å². The highest BCUT2D eigenvalue weighted by atomic mass is 35.6. The Balaban J connectivity index is 1.74. The van der Waals surface area contributed by atoms with Gasteiger partial charge in [-0.3, -0.25) is 4.79 Å². The molecule has 2 aromatic carbocycles. The lowest BCUT2D eigenvalue weighted by atomic mass is 9.93. The predicted molar refractivity (Wildman–Crippen MR) is 206 cm³/mol. The van der Waals surface area contributed by atoms with Crippen LogP contribution in [0.5, 0.6) is 0 Å². The minimum Gasteiger partial charge on any atom is -0.385 e. The van der Waals surface area contributed by atoms with Crippen LogP contribution in [0.1, 0.15) is 95.6 Å². The summed E-state index contributed by atoms with van der Waals surface area (Å²) >= 11 is 17.3. The summed E-state index contributed by atoms with van der Waals surface area (Å²) in [6.45, 7) is 4.08. The Bertz CT molecular complexity index is 1730. The minimum absolute atomic E-state index is 0.00745. The van der Waals surface area contributed by atoms with Crippen LogP contribution in [-0.2, 0) is 32.2 Å². The minimum atomic E-state index is -3.59. The first-order valence-electron chi connectivity index (χ1n) is 17.5. The first-order valence-corrected chi connectivity index (χ1v) is 20.2. The molecule has 0 bridgehead atoms. The van der Waals surface area contributed by atoms with Gasteiger partial charge in [0.15, 0.2) is 19.1 Å². The smallest absolute Gasteiger partial charge is 0.329 e. The summed E-state index contributed by atoms with van der Waals surface area (Å²) in [4.78, 5) is 31.6. The molecule has 0 radical (unpaired) electrons. The number of ether oxygens (including phenoxy) is 1. The lowest BCUT2D eigenvalue weighted by molar-refractivity contribution is -0.141. The topological polar surface area (TPSA) is 91.7 Å². The van der Waals surface area contributed by atoms with Gasteiger partial charge in [-0.25, -0.2) is 13.2 Å². The van der Waals surface area contributed by atoms with Gasteiger partial charge in [0.1, 0.15) is 0 Å². The molecule has 0 saturated carbocycles. The largest absolute Gasteiger partial charge is 0.385 e. The zero-order valence-electron chi connectivity index (χ0n) is 29.4. The van der Waals surface area contributed by atoms with Crippen molar-refractivity contribution in [3.8, 4) is 22.3 Å². The number of rotatable bonds is 21. The number of benzene rings is 2. The molecule has 0 fully saturated rings. The number of aryl methyl sites for hydroxylation is 2. The van der Waals surface area contributed by atoms with E-state index in [4.69, 9.17) is 44.4 Å². The molecule has 1 heterocycles. The molecule has 0 aliphatic carbocycles. The summed E-state index contributed by atoms with van der Waals surface area (Å²) in [5.41, 5.74) is 3.72. The fourth-order valence-electron chi connectivity index (χ4n) is 5.79. The summed E-state index contributed by atoms with van der Waals surface area (Å²) in [6, 6.07) is 12.6. The fourth-order valence-corrected chi connectivity index (χ4v) is 7.61. The lowest BCUT2D eigenvalue weighted by Gasteiger charge is -2.15. The van der Waals surface area contributed by atoms with E-state index in [-0.39, 0.29) is 21.6 Å². The van der Waals surface area contributed by atoms with Crippen LogP contribution in [0.25, 0.3) is 22.3 Å². The monoisotopic (exact) mass is 765 g/mol. The van der Waals surface area contributed by atoms with Crippen molar-refractivity contribution in [1.29, 1.82) is 0 Å². The van der Waals surface area contributed by atoms with Gasteiger partial charge in [-0.1, -0.05) is 97.1 Å². The van der Waals surface area contributed by atoms with E-state index in [0.717, 1.165) is 81.9 Å². The molecule has 0 amide bonds. The first kappa shape index (κ1) is 41.8. The molecule has 7 nitrogen and oxygen atoms in total. The molecular weight excluding hydrogens is 717 g/mol. The van der Waals surface area contributed by atoms with E-state index < -0.39 is 19.6 Å². The summed E-state index contributed by atoms with van der Waals surface area (Å²) < 4.78 is 31.9. The summed E-state index contributed by atoms with van der Waals surface area (Å²) in [5, 5.41) is 0. The molecule has 0 spiro atoms. The number of unbranched alkanes of at least 4 members (excludes halogenated alkanes) is 7. The number of pyridine rings is 1. The number of nitrogens with zero attached hydrogens (tertiary/aromatic N) is 1. The Labute approximate surface area is 312 Å². The molecule has 0 unspecified atom stereocenters. The molecule has 1 aromatic heterocycles. The number of carbonyl (C=O) groups excluding carboxylic acids is 1. The van der Waals surface area contributed by atoms with Crippen molar-refractivity contribution in [3.63, 3.8) is 0 Å². The van der Waals surface area contributed by atoms with Gasteiger partial charge in [0.25, 0.3) is 0 Å². The number of aromatic nitrogens is 1. The average Bonchev–Trinajstić information content (AvgIpc) is 3.07. The van der Waals surface area contributed by atoms with E-state index >= 15 is 0 Å². The lowest BCUT2D eigenvalue weighted by Crippen LogP contribution is -2.21. The maximum Gasteiger partial charge on any atom is 0.329 e. The molecule has 3 aromatic rings. The van der Waals surface area contributed by atoms with Crippen molar-refractivity contribution in [2.24, 2.45) is 0 Å². The van der Waals surface area contributed by atoms with Crippen LogP contribution < -0.4 is 10.3 Å². The summed E-state index contributed by atoms with van der Waals surface area (Å²) in [6.07, 6.45) is 18.3. The fraction of sp³-hybridized carbons (Fsp3) is 0.487. The number of carbonyl (C=O) groups is 1. The van der Waals surface area contributed by atoms with Crippen LogP contribution >= 0.6 is 34.8 Å². The third kappa shape index (κ3) is 14.2. The van der Waals surface area contributed by atoms with Gasteiger partial charge >= 0.3 is 5.97 Å². The van der Waals surface area contributed by atoms with Crippen LogP contribution in [0.3, 0.4) is 0 Å². The van der Waals surface area contributed by atoms with E-state index in [2.05, 4.69) is 18.2 Å². The standard InChI is InChI=1S/C39H50Cl3NO6S/c1-4-32-26-31(18-13-12-15-24-48-3)21-22-35(32)37-29-43(49-30(2)44)28-36(38(37)45)33-19-17-20-34(27-33)50(46,47)25-16-11-9-7-5-6-8-10-14-23-39(40,41)42/h5-6,17,19-22,26-29H,4,7-16,18,23-25H2,1-3H3. The van der Waals surface area contributed by atoms with Crippen molar-refractivity contribution in [2.45, 2.75) is 106 Å². The van der Waals surface area contributed by atoms with Crippen LogP contribution in [-0.4, -0.2) is 42.4 Å². The molecule has 0 aliphatic rings. The number of methoxy groups -OCH3 is 1. The molecule has 274 valence electrons. The zero-order chi connectivity index (χ0) is 36.6. The third-order valence-corrected chi connectivity index (χ3v) is 10.8. The Morgan fingerprint density at radius 2 is 1.56 bits per heavy atom. The highest BCUT2D eigenvalue weighted by Crippen LogP contribution is 2.32. The second-order valence-corrected chi connectivity index (χ2v) is 17.2. The number of hydrogen-bond acceptors (Lipinski definition) is 6. The normalized spacial score (nSPS) is 12.1. The SMILES string of the molecule is CCc1cc(CCCCCOC)ccc1-c1cn(OC(C)=O)cc(-c2cccc(S(=O)(=O)CCCCCC=CCCCCC(Cl)(Cl)Cl)c2)c1=O. The van der Waals surface area contributed by atoms with Gasteiger partial charge in [-0.2, -0.15) is 4.73 Å². The maximum absolute atomic E-state index is 14.1. The Kier molecular flexibility index (Phi) is 17.6. The molecule has 0 aliphatic heterocycles. The number of sulfone groups is 1. The molecule has 0 atom stereocenters. The van der Waals surface area contributed by atoms with Crippen LogP contribution in [0, 0.1) is 0 Å². The van der Waals surface area contributed by atoms with E-state index in [1.807, 2.05) is 19.1 Å². The number of hydrogen-bond donors (Lipinski definition) is 0. The van der Waals surface area contributed by atoms with Gasteiger partial charge in [-0.15, -0.1) is 0 Å². The van der Waals surface area contributed by atoms with Crippen molar-refractivity contribution in [1.82, 2.24) is 4.73 Å². The molecule has 11 heteroatoms. The number of allylic oxidation sites excluding steroid dienone is 2. The first-order chi connectivity index (χ1) is 23.8. The van der Waals surface area contributed by atoms with Gasteiger partial charge < -0.3 is 9.57 Å². The molecule has 0 saturated heterocycles. The number of halogens is 3. The maximum atomic E-state index is 14.1. The van der Waals surface area contributed by atoms with E-state index in [1.54, 1.807) is 25.3 Å². The van der Waals surface area contributed by atoms with Crippen molar-refractivity contribution in [2.75, 3.05) is 19.5 Å². The molecule has 0 N–H and O–H groups in total. The predicted octanol–water partition coefficient (Wildman–Crippen LogP) is 9.90. The molecule has 3 rings (SSSR count). The summed E-state index contributed by atoms with van der Waals surface area (Å²) in [7, 11) is -1.88. The Hall–Kier alpha value is -2.62. The van der Waals surface area contributed by atoms with Crippen molar-refractivity contribution in [3.05, 3.63) is 88.4 Å². The molecule has 50 heavy (non-hydrogen) atoms. The highest BCUT2D eigenvalue weighted by Gasteiger charge is 2.20. The van der Waals surface area contributed by atoms with E-state index in [1.165, 1.54) is 35.7 Å². The zero-order valence-corrected chi connectivity index (χ0v) is 32.5. The van der Waals surface area contributed by atoms with Gasteiger partial charge in [0.2, 0.25) is 0 Å². The Morgan fingerprint density at radius 3 is 2.24 bits per heavy atom. The van der Waals surface area contributed by atoms with Crippen molar-refractivity contribution < 1.29 is 22.8 Å². The van der Waals surface area contributed by atoms with E-state index in [0.29, 0.717) is 30.4 Å². The highest BCUT2D eigenvalue weighted by molar-refractivity contribution is 7.91. The quantitative estimate of drug-likeness (QED) is 0.0609. The van der Waals surface area contributed by atoms with Crippen LogP contribution in [0.15, 0.2) is 76.7 Å². The average molecular weight is 767 g/mol. The van der Waals surface area contributed by atoms with Crippen LogP contribution in [0.2, 0.25) is 0 Å². The van der Waals surface area contributed by atoms with Gasteiger partial charge in [0.05, 0.1) is 23.0 Å². The molecular formula is C39H50Cl3NO6S. The summed E-state index contributed by atoms with van der Waals surface area (Å²) in [5.74, 6) is -0.540. The van der Waals surface area contributed by atoms with Crippen molar-refractivity contribution >= 4 is 50.6 Å². The second-order valence-electron chi connectivity index (χ2n) is 12.5. The van der Waals surface area contributed by atoms with Crippen LogP contribution in [0.4, 0.5) is 0 Å². The Morgan fingerprint density at radius 1 is 0.860 bits per heavy atom.